The molecule has 0 aliphatic heterocycles. The van der Waals surface area contributed by atoms with Gasteiger partial charge in [-0.25, -0.2) is 0 Å². The number of methoxy groups -OCH3 is 1. The van der Waals surface area contributed by atoms with Crippen LogP contribution in [0.25, 0.3) is 0 Å². The van der Waals surface area contributed by atoms with Crippen molar-refractivity contribution in [2.24, 2.45) is 0 Å². The highest BCUT2D eigenvalue weighted by molar-refractivity contribution is 5.76. The average molecular weight is 272 g/mol. The van der Waals surface area contributed by atoms with Crippen LogP contribution in [0.4, 0.5) is 18.9 Å². The van der Waals surface area contributed by atoms with Gasteiger partial charge in [0.15, 0.2) is 0 Å². The van der Waals surface area contributed by atoms with Crippen molar-refractivity contribution >= 4 is 11.7 Å². The Morgan fingerprint density at radius 3 is 2.58 bits per heavy atom. The van der Waals surface area contributed by atoms with Gasteiger partial charge in [-0.1, -0.05) is 0 Å². The first kappa shape index (κ1) is 14.8. The van der Waals surface area contributed by atoms with Gasteiger partial charge in [-0.05, 0) is 18.2 Å². The van der Waals surface area contributed by atoms with Gasteiger partial charge in [0.05, 0.1) is 23.9 Å². The highest BCUT2D eigenvalue weighted by atomic mass is 19.4. The molecular weight excluding hydrogens is 261 g/mol. The van der Waals surface area contributed by atoms with Crippen molar-refractivity contribution in [3.63, 3.8) is 0 Å². The zero-order valence-electron chi connectivity index (χ0n) is 10.3. The Hall–Kier alpha value is -2.23. The summed E-state index contributed by atoms with van der Waals surface area (Å²) < 4.78 is 42.0. The number of likely N-dealkylation sites (N-methyl/N-ethyl adjacent to an activating group) is 1. The molecule has 0 bridgehead atoms. The molecule has 7 heteroatoms. The van der Waals surface area contributed by atoms with E-state index in [1.165, 1.54) is 19.1 Å². The van der Waals surface area contributed by atoms with E-state index in [4.69, 9.17) is 5.26 Å². The maximum absolute atomic E-state index is 12.5. The van der Waals surface area contributed by atoms with E-state index in [-0.39, 0.29) is 17.8 Å². The van der Waals surface area contributed by atoms with Crippen LogP contribution in [0.1, 0.15) is 11.1 Å². The summed E-state index contributed by atoms with van der Waals surface area (Å²) in [6, 6.07) is 4.46. The fourth-order valence-electron chi connectivity index (χ4n) is 1.48. The van der Waals surface area contributed by atoms with Gasteiger partial charge < -0.3 is 9.64 Å². The number of halogens is 3. The Morgan fingerprint density at radius 2 is 2.11 bits per heavy atom. The maximum Gasteiger partial charge on any atom is 0.416 e. The number of nitrogens with zero attached hydrogens (tertiary/aromatic N) is 2. The van der Waals surface area contributed by atoms with E-state index in [2.05, 4.69) is 4.74 Å². The van der Waals surface area contributed by atoms with Crippen molar-refractivity contribution < 1.29 is 22.7 Å². The molecule has 0 aromatic heterocycles. The van der Waals surface area contributed by atoms with E-state index in [0.717, 1.165) is 18.2 Å². The van der Waals surface area contributed by atoms with Gasteiger partial charge in [0, 0.05) is 7.05 Å². The Bertz CT molecular complexity index is 521. The van der Waals surface area contributed by atoms with Crippen molar-refractivity contribution in [2.75, 3.05) is 25.6 Å². The molecule has 0 saturated carbocycles. The number of benzene rings is 1. The molecule has 102 valence electrons. The minimum Gasteiger partial charge on any atom is -0.468 e. The lowest BCUT2D eigenvalue weighted by Gasteiger charge is -2.19. The molecule has 0 saturated heterocycles. The molecular formula is C12H11F3N2O2. The van der Waals surface area contributed by atoms with E-state index in [1.54, 1.807) is 6.07 Å². The van der Waals surface area contributed by atoms with Gasteiger partial charge in [-0.3, -0.25) is 4.79 Å². The Morgan fingerprint density at radius 1 is 1.47 bits per heavy atom. The highest BCUT2D eigenvalue weighted by Gasteiger charge is 2.31. The smallest absolute Gasteiger partial charge is 0.416 e. The van der Waals surface area contributed by atoms with Crippen molar-refractivity contribution in [2.45, 2.75) is 6.18 Å². The number of anilines is 1. The first-order chi connectivity index (χ1) is 8.79. The standard InChI is InChI=1S/C12H11F3N2O2/c1-17(7-11(18)19-2)10-4-3-9(12(13,14)15)5-8(10)6-16/h3-5H,7H2,1-2H3. The van der Waals surface area contributed by atoms with Crippen LogP contribution in [-0.4, -0.2) is 26.7 Å². The van der Waals surface area contributed by atoms with Crippen LogP contribution in [-0.2, 0) is 15.7 Å². The lowest BCUT2D eigenvalue weighted by molar-refractivity contribution is -0.139. The molecule has 0 unspecified atom stereocenters. The quantitative estimate of drug-likeness (QED) is 0.791. The van der Waals surface area contributed by atoms with Crippen molar-refractivity contribution in [3.05, 3.63) is 29.3 Å². The van der Waals surface area contributed by atoms with E-state index in [9.17, 15) is 18.0 Å². The third kappa shape index (κ3) is 3.61. The third-order valence-electron chi connectivity index (χ3n) is 2.45. The Kier molecular flexibility index (Phi) is 4.38. The summed E-state index contributed by atoms with van der Waals surface area (Å²) in [6.45, 7) is -0.156. The molecule has 0 aliphatic carbocycles. The normalized spacial score (nSPS) is 10.7. The number of rotatable bonds is 3. The summed E-state index contributed by atoms with van der Waals surface area (Å²) in [6.07, 6.45) is -4.51. The highest BCUT2D eigenvalue weighted by Crippen LogP contribution is 2.32. The number of hydrogen-bond acceptors (Lipinski definition) is 4. The lowest BCUT2D eigenvalue weighted by atomic mass is 10.1. The summed E-state index contributed by atoms with van der Waals surface area (Å²) in [4.78, 5) is 12.4. The molecule has 0 N–H and O–H groups in total. The van der Waals surface area contributed by atoms with Gasteiger partial charge in [-0.15, -0.1) is 0 Å². The van der Waals surface area contributed by atoms with Gasteiger partial charge in [0.2, 0.25) is 0 Å². The van der Waals surface area contributed by atoms with Crippen LogP contribution in [0.3, 0.4) is 0 Å². The molecule has 0 radical (unpaired) electrons. The molecule has 1 aromatic rings. The lowest BCUT2D eigenvalue weighted by Crippen LogP contribution is -2.27. The number of nitriles is 1. The fourth-order valence-corrected chi connectivity index (χ4v) is 1.48. The topological polar surface area (TPSA) is 53.3 Å². The fraction of sp³-hybridized carbons (Fsp3) is 0.333. The second-order valence-electron chi connectivity index (χ2n) is 3.77. The molecule has 19 heavy (non-hydrogen) atoms. The van der Waals surface area contributed by atoms with Crippen LogP contribution in [0, 0.1) is 11.3 Å². The van der Waals surface area contributed by atoms with Gasteiger partial charge in [0.1, 0.15) is 12.6 Å². The van der Waals surface area contributed by atoms with E-state index >= 15 is 0 Å². The first-order valence-electron chi connectivity index (χ1n) is 5.19. The largest absolute Gasteiger partial charge is 0.468 e. The van der Waals surface area contributed by atoms with E-state index < -0.39 is 17.7 Å². The van der Waals surface area contributed by atoms with Gasteiger partial charge in [-0.2, -0.15) is 18.4 Å². The SMILES string of the molecule is COC(=O)CN(C)c1ccc(C(F)(F)F)cc1C#N. The maximum atomic E-state index is 12.5. The summed E-state index contributed by atoms with van der Waals surface area (Å²) in [7, 11) is 2.69. The third-order valence-corrected chi connectivity index (χ3v) is 2.45. The second kappa shape index (κ2) is 5.61. The molecule has 4 nitrogen and oxygen atoms in total. The van der Waals surface area contributed by atoms with E-state index in [1.807, 2.05) is 0 Å². The summed E-state index contributed by atoms with van der Waals surface area (Å²) >= 11 is 0. The number of carbonyl (C=O) groups excluding carboxylic acids is 1. The van der Waals surface area contributed by atoms with Gasteiger partial charge in [0.25, 0.3) is 0 Å². The minimum absolute atomic E-state index is 0.152. The molecule has 0 spiro atoms. The molecule has 0 fully saturated rings. The van der Waals surface area contributed by atoms with Crippen LogP contribution < -0.4 is 4.90 Å². The number of alkyl halides is 3. The molecule has 0 atom stereocenters. The Balaban J connectivity index is 3.10. The molecule has 1 rings (SSSR count). The molecule has 0 aliphatic rings. The molecule has 1 aromatic carbocycles. The Labute approximate surface area is 108 Å². The molecule has 0 amide bonds. The average Bonchev–Trinajstić information content (AvgIpc) is 2.36. The zero-order chi connectivity index (χ0) is 14.6. The van der Waals surface area contributed by atoms with Gasteiger partial charge >= 0.3 is 12.1 Å². The second-order valence-corrected chi connectivity index (χ2v) is 3.77. The first-order valence-corrected chi connectivity index (χ1v) is 5.19. The summed E-state index contributed by atoms with van der Waals surface area (Å²) in [5.74, 6) is -0.550. The molecule has 0 heterocycles. The summed E-state index contributed by atoms with van der Waals surface area (Å²) in [5.41, 5.74) is -0.818. The van der Waals surface area contributed by atoms with E-state index in [0.29, 0.717) is 0 Å². The van der Waals surface area contributed by atoms with Crippen LogP contribution >= 0.6 is 0 Å². The summed E-state index contributed by atoms with van der Waals surface area (Å²) in [5, 5.41) is 8.89. The number of carbonyl (C=O) groups is 1. The van der Waals surface area contributed by atoms with Crippen LogP contribution in [0.5, 0.6) is 0 Å². The monoisotopic (exact) mass is 272 g/mol. The van der Waals surface area contributed by atoms with Crippen molar-refractivity contribution in [3.8, 4) is 6.07 Å². The number of esters is 1. The predicted octanol–water partition coefficient (Wildman–Crippen LogP) is 2.19. The van der Waals surface area contributed by atoms with Crippen molar-refractivity contribution in [1.82, 2.24) is 0 Å². The minimum atomic E-state index is -4.51. The predicted molar refractivity (Wildman–Crippen MR) is 61.4 cm³/mol. The zero-order valence-corrected chi connectivity index (χ0v) is 10.3. The number of hydrogen-bond donors (Lipinski definition) is 0. The number of ether oxygens (including phenoxy) is 1. The van der Waals surface area contributed by atoms with Crippen LogP contribution in [0.2, 0.25) is 0 Å². The van der Waals surface area contributed by atoms with Crippen LogP contribution in [0.15, 0.2) is 18.2 Å². The van der Waals surface area contributed by atoms with Crippen molar-refractivity contribution in [1.29, 1.82) is 5.26 Å².